The molecule has 5 heteroatoms. The SMILES string of the molecule is O=C(N[C@H](CO)Cc1ccc(O)cc1)c1cc2ccccc2o1. The number of aliphatic hydroxyl groups excluding tert-OH is 1. The van der Waals surface area contributed by atoms with Crippen LogP contribution in [0.2, 0.25) is 0 Å². The minimum Gasteiger partial charge on any atom is -0.508 e. The number of nitrogens with one attached hydrogen (secondary N) is 1. The highest BCUT2D eigenvalue weighted by molar-refractivity contribution is 5.96. The highest BCUT2D eigenvalue weighted by atomic mass is 16.3. The van der Waals surface area contributed by atoms with E-state index < -0.39 is 6.04 Å². The molecule has 0 bridgehead atoms. The highest BCUT2D eigenvalue weighted by Crippen LogP contribution is 2.19. The lowest BCUT2D eigenvalue weighted by atomic mass is 10.1. The first-order chi connectivity index (χ1) is 11.2. The Kier molecular flexibility index (Phi) is 4.30. The molecule has 1 aromatic heterocycles. The van der Waals surface area contributed by atoms with E-state index >= 15 is 0 Å². The van der Waals surface area contributed by atoms with Gasteiger partial charge in [0, 0.05) is 5.39 Å². The molecule has 5 nitrogen and oxygen atoms in total. The standard InChI is InChI=1S/C18H17NO4/c20-11-14(9-12-5-7-15(21)8-6-12)19-18(22)17-10-13-3-1-2-4-16(13)23-17/h1-8,10,14,20-21H,9,11H2,(H,19,22)/t14-/m0/s1. The molecule has 2 aromatic carbocycles. The first kappa shape index (κ1) is 15.1. The Morgan fingerprint density at radius 1 is 1.13 bits per heavy atom. The molecule has 3 rings (SSSR count). The second-order valence-electron chi connectivity index (χ2n) is 5.37. The van der Waals surface area contributed by atoms with E-state index in [2.05, 4.69) is 5.32 Å². The molecule has 0 aliphatic carbocycles. The fourth-order valence-electron chi connectivity index (χ4n) is 2.43. The van der Waals surface area contributed by atoms with E-state index in [0.717, 1.165) is 10.9 Å². The fourth-order valence-corrected chi connectivity index (χ4v) is 2.43. The maximum atomic E-state index is 12.3. The van der Waals surface area contributed by atoms with Gasteiger partial charge in [-0.2, -0.15) is 0 Å². The molecule has 0 aliphatic heterocycles. The lowest BCUT2D eigenvalue weighted by Crippen LogP contribution is -2.38. The van der Waals surface area contributed by atoms with Gasteiger partial charge in [0.2, 0.25) is 0 Å². The molecule has 1 heterocycles. The summed E-state index contributed by atoms with van der Waals surface area (Å²) in [5, 5.41) is 22.4. The summed E-state index contributed by atoms with van der Waals surface area (Å²) in [7, 11) is 0. The summed E-state index contributed by atoms with van der Waals surface area (Å²) in [6.45, 7) is -0.188. The lowest BCUT2D eigenvalue weighted by molar-refractivity contribution is 0.0890. The van der Waals surface area contributed by atoms with Crippen molar-refractivity contribution in [2.24, 2.45) is 0 Å². The van der Waals surface area contributed by atoms with Crippen LogP contribution in [0.15, 0.2) is 59.0 Å². The van der Waals surface area contributed by atoms with Crippen LogP contribution in [-0.4, -0.2) is 28.8 Å². The largest absolute Gasteiger partial charge is 0.508 e. The van der Waals surface area contributed by atoms with Gasteiger partial charge in [0.15, 0.2) is 5.76 Å². The van der Waals surface area contributed by atoms with Gasteiger partial charge in [0.05, 0.1) is 12.6 Å². The Morgan fingerprint density at radius 3 is 2.57 bits per heavy atom. The van der Waals surface area contributed by atoms with Crippen molar-refractivity contribution in [3.05, 3.63) is 65.9 Å². The Bertz CT molecular complexity index is 774. The summed E-state index contributed by atoms with van der Waals surface area (Å²) in [6.07, 6.45) is 0.461. The van der Waals surface area contributed by atoms with Crippen molar-refractivity contribution < 1.29 is 19.4 Å². The Labute approximate surface area is 133 Å². The van der Waals surface area contributed by atoms with Crippen LogP contribution in [0.1, 0.15) is 16.1 Å². The number of aliphatic hydroxyl groups is 1. The summed E-state index contributed by atoms with van der Waals surface area (Å²) >= 11 is 0. The molecule has 3 aromatic rings. The summed E-state index contributed by atoms with van der Waals surface area (Å²) in [6, 6.07) is 15.3. The van der Waals surface area contributed by atoms with Crippen LogP contribution < -0.4 is 5.32 Å². The zero-order chi connectivity index (χ0) is 16.2. The van der Waals surface area contributed by atoms with E-state index in [1.807, 2.05) is 18.2 Å². The number of rotatable bonds is 5. The highest BCUT2D eigenvalue weighted by Gasteiger charge is 2.17. The van der Waals surface area contributed by atoms with E-state index in [4.69, 9.17) is 4.42 Å². The van der Waals surface area contributed by atoms with E-state index in [-0.39, 0.29) is 24.0 Å². The predicted octanol–water partition coefficient (Wildman–Crippen LogP) is 2.47. The summed E-state index contributed by atoms with van der Waals surface area (Å²) in [5.74, 6) is 0.0370. The third kappa shape index (κ3) is 3.52. The molecule has 0 fully saturated rings. The minimum atomic E-state index is -0.430. The fraction of sp³-hybridized carbons (Fsp3) is 0.167. The number of carbonyl (C=O) groups excluding carboxylic acids is 1. The number of phenolic OH excluding ortho intramolecular Hbond substituents is 1. The van der Waals surface area contributed by atoms with Gasteiger partial charge >= 0.3 is 0 Å². The van der Waals surface area contributed by atoms with E-state index in [1.54, 1.807) is 36.4 Å². The van der Waals surface area contributed by atoms with Crippen LogP contribution >= 0.6 is 0 Å². The van der Waals surface area contributed by atoms with E-state index in [9.17, 15) is 15.0 Å². The quantitative estimate of drug-likeness (QED) is 0.676. The zero-order valence-electron chi connectivity index (χ0n) is 12.4. The molecule has 0 spiro atoms. The first-order valence-corrected chi connectivity index (χ1v) is 7.34. The molecule has 118 valence electrons. The average molecular weight is 311 g/mol. The van der Waals surface area contributed by atoms with Crippen LogP contribution in [-0.2, 0) is 6.42 Å². The maximum absolute atomic E-state index is 12.3. The molecule has 0 saturated carbocycles. The molecular formula is C18H17NO4. The third-order valence-electron chi connectivity index (χ3n) is 3.62. The molecular weight excluding hydrogens is 294 g/mol. The second kappa shape index (κ2) is 6.54. The second-order valence-corrected chi connectivity index (χ2v) is 5.37. The summed E-state index contributed by atoms with van der Waals surface area (Å²) < 4.78 is 5.51. The number of phenols is 1. The molecule has 23 heavy (non-hydrogen) atoms. The van der Waals surface area contributed by atoms with Crippen LogP contribution in [0.3, 0.4) is 0 Å². The third-order valence-corrected chi connectivity index (χ3v) is 3.62. The van der Waals surface area contributed by atoms with Gasteiger partial charge in [-0.15, -0.1) is 0 Å². The maximum Gasteiger partial charge on any atom is 0.287 e. The molecule has 0 unspecified atom stereocenters. The number of hydrogen-bond donors (Lipinski definition) is 3. The molecule has 3 N–H and O–H groups in total. The number of furan rings is 1. The number of para-hydroxylation sites is 1. The monoisotopic (exact) mass is 311 g/mol. The predicted molar refractivity (Wildman–Crippen MR) is 86.4 cm³/mol. The van der Waals surface area contributed by atoms with Gasteiger partial charge in [0.25, 0.3) is 5.91 Å². The van der Waals surface area contributed by atoms with Crippen LogP contribution in [0, 0.1) is 0 Å². The number of benzene rings is 2. The van der Waals surface area contributed by atoms with Crippen molar-refractivity contribution in [3.8, 4) is 5.75 Å². The van der Waals surface area contributed by atoms with E-state index in [1.165, 1.54) is 0 Å². The molecule has 0 saturated heterocycles. The summed E-state index contributed by atoms with van der Waals surface area (Å²) in [4.78, 5) is 12.3. The van der Waals surface area contributed by atoms with Gasteiger partial charge in [-0.05, 0) is 36.2 Å². The topological polar surface area (TPSA) is 82.7 Å². The van der Waals surface area contributed by atoms with Crippen molar-refractivity contribution in [2.75, 3.05) is 6.61 Å². The van der Waals surface area contributed by atoms with Gasteiger partial charge < -0.3 is 19.9 Å². The van der Waals surface area contributed by atoms with Gasteiger partial charge in [-0.25, -0.2) is 0 Å². The van der Waals surface area contributed by atoms with Crippen molar-refractivity contribution in [3.63, 3.8) is 0 Å². The smallest absolute Gasteiger partial charge is 0.287 e. The number of aromatic hydroxyl groups is 1. The molecule has 0 radical (unpaired) electrons. The first-order valence-electron chi connectivity index (χ1n) is 7.34. The molecule has 0 aliphatic rings. The normalized spacial score (nSPS) is 12.2. The van der Waals surface area contributed by atoms with Crippen molar-refractivity contribution in [1.82, 2.24) is 5.32 Å². The number of fused-ring (bicyclic) bond motifs is 1. The van der Waals surface area contributed by atoms with Crippen molar-refractivity contribution in [1.29, 1.82) is 0 Å². The number of amides is 1. The summed E-state index contributed by atoms with van der Waals surface area (Å²) in [5.41, 5.74) is 1.56. The number of hydrogen-bond acceptors (Lipinski definition) is 4. The Balaban J connectivity index is 1.70. The molecule has 1 atom stereocenters. The lowest BCUT2D eigenvalue weighted by Gasteiger charge is -2.15. The van der Waals surface area contributed by atoms with Crippen LogP contribution in [0.4, 0.5) is 0 Å². The van der Waals surface area contributed by atoms with Crippen LogP contribution in [0.5, 0.6) is 5.75 Å². The van der Waals surface area contributed by atoms with Gasteiger partial charge in [0.1, 0.15) is 11.3 Å². The van der Waals surface area contributed by atoms with Crippen LogP contribution in [0.25, 0.3) is 11.0 Å². The minimum absolute atomic E-state index is 0.181. The van der Waals surface area contributed by atoms with Gasteiger partial charge in [-0.1, -0.05) is 30.3 Å². The Hall–Kier alpha value is -2.79. The average Bonchev–Trinajstić information content (AvgIpc) is 3.00. The Morgan fingerprint density at radius 2 is 1.87 bits per heavy atom. The number of carbonyl (C=O) groups is 1. The van der Waals surface area contributed by atoms with Crippen molar-refractivity contribution >= 4 is 16.9 Å². The van der Waals surface area contributed by atoms with E-state index in [0.29, 0.717) is 12.0 Å². The molecule has 1 amide bonds. The zero-order valence-corrected chi connectivity index (χ0v) is 12.4. The van der Waals surface area contributed by atoms with Crippen molar-refractivity contribution in [2.45, 2.75) is 12.5 Å². The van der Waals surface area contributed by atoms with Gasteiger partial charge in [-0.3, -0.25) is 4.79 Å².